The van der Waals surface area contributed by atoms with E-state index in [1.54, 1.807) is 13.8 Å². The van der Waals surface area contributed by atoms with Gasteiger partial charge >= 0.3 is 0 Å². The van der Waals surface area contributed by atoms with E-state index in [2.05, 4.69) is 34.1 Å². The van der Waals surface area contributed by atoms with Crippen molar-refractivity contribution >= 4 is 17.6 Å². The van der Waals surface area contributed by atoms with Crippen molar-refractivity contribution in [2.24, 2.45) is 5.92 Å². The molecule has 1 aromatic carbocycles. The fourth-order valence-corrected chi connectivity index (χ4v) is 3.92. The van der Waals surface area contributed by atoms with Crippen LogP contribution in [0.5, 0.6) is 5.75 Å². The predicted octanol–water partition coefficient (Wildman–Crippen LogP) is 1.52. The molecule has 0 radical (unpaired) electrons. The minimum Gasteiger partial charge on any atom is -0.488 e. The molecule has 0 bridgehead atoms. The number of hydrogen-bond donors (Lipinski definition) is 3. The van der Waals surface area contributed by atoms with Crippen LogP contribution in [0.25, 0.3) is 0 Å². The largest absolute Gasteiger partial charge is 0.488 e. The minimum atomic E-state index is -0.173. The first-order valence-corrected chi connectivity index (χ1v) is 11.0. The van der Waals surface area contributed by atoms with Gasteiger partial charge < -0.3 is 20.7 Å². The second kappa shape index (κ2) is 10.6. The number of hydrogen-bond acceptors (Lipinski definition) is 5. The van der Waals surface area contributed by atoms with Gasteiger partial charge in [-0.3, -0.25) is 14.4 Å². The van der Waals surface area contributed by atoms with Crippen molar-refractivity contribution in [2.75, 3.05) is 19.6 Å². The van der Waals surface area contributed by atoms with Crippen molar-refractivity contribution in [2.45, 2.75) is 64.5 Å². The monoisotopic (exact) mass is 415 g/mol. The van der Waals surface area contributed by atoms with Crippen LogP contribution in [0.3, 0.4) is 0 Å². The third-order valence-electron chi connectivity index (χ3n) is 5.72. The fraction of sp³-hybridized carbons (Fsp3) is 0.609. The molecule has 7 nitrogen and oxygen atoms in total. The molecule has 164 valence electrons. The highest BCUT2D eigenvalue weighted by molar-refractivity contribution is 5.84. The predicted molar refractivity (Wildman–Crippen MR) is 114 cm³/mol. The number of ketones is 1. The maximum absolute atomic E-state index is 11.8. The summed E-state index contributed by atoms with van der Waals surface area (Å²) in [5, 5.41) is 8.82. The smallest absolute Gasteiger partial charge is 0.239 e. The Hall–Kier alpha value is -2.41. The van der Waals surface area contributed by atoms with Gasteiger partial charge in [0, 0.05) is 25.9 Å². The number of ether oxygens (including phenoxy) is 1. The first-order valence-electron chi connectivity index (χ1n) is 11.0. The van der Waals surface area contributed by atoms with E-state index < -0.39 is 0 Å². The molecule has 0 saturated heterocycles. The van der Waals surface area contributed by atoms with E-state index in [0.717, 1.165) is 43.4 Å². The van der Waals surface area contributed by atoms with Gasteiger partial charge in [0.1, 0.15) is 17.6 Å². The first kappa shape index (κ1) is 22.3. The van der Waals surface area contributed by atoms with Gasteiger partial charge in [-0.15, -0.1) is 0 Å². The van der Waals surface area contributed by atoms with Crippen LogP contribution in [-0.4, -0.2) is 49.4 Å². The molecule has 2 unspecified atom stereocenters. The summed E-state index contributed by atoms with van der Waals surface area (Å²) in [6, 6.07) is 6.18. The van der Waals surface area contributed by atoms with Crippen molar-refractivity contribution < 1.29 is 19.1 Å². The van der Waals surface area contributed by atoms with Crippen LogP contribution < -0.4 is 20.7 Å². The number of nitrogens with one attached hydrogen (secondary N) is 3. The van der Waals surface area contributed by atoms with E-state index >= 15 is 0 Å². The minimum absolute atomic E-state index is 0.0211. The summed E-state index contributed by atoms with van der Waals surface area (Å²) in [6.45, 7) is 4.66. The van der Waals surface area contributed by atoms with Crippen LogP contribution in [0.4, 0.5) is 0 Å². The Labute approximate surface area is 178 Å². The van der Waals surface area contributed by atoms with Crippen molar-refractivity contribution in [3.63, 3.8) is 0 Å². The van der Waals surface area contributed by atoms with Crippen LogP contribution in [-0.2, 0) is 27.2 Å². The van der Waals surface area contributed by atoms with Crippen LogP contribution in [0.15, 0.2) is 18.2 Å². The third-order valence-corrected chi connectivity index (χ3v) is 5.72. The quantitative estimate of drug-likeness (QED) is 0.450. The lowest BCUT2D eigenvalue weighted by Gasteiger charge is -2.18. The van der Waals surface area contributed by atoms with Gasteiger partial charge in [0.15, 0.2) is 0 Å². The summed E-state index contributed by atoms with van der Waals surface area (Å²) in [7, 11) is 0. The molecule has 1 saturated carbocycles. The molecule has 2 aliphatic rings. The lowest BCUT2D eigenvalue weighted by molar-refractivity contribution is -0.125. The number of carbonyl (C=O) groups is 3. The Balaban J connectivity index is 1.42. The van der Waals surface area contributed by atoms with E-state index in [-0.39, 0.29) is 36.3 Å². The van der Waals surface area contributed by atoms with E-state index in [4.69, 9.17) is 4.74 Å². The second-order valence-electron chi connectivity index (χ2n) is 8.27. The van der Waals surface area contributed by atoms with Crippen molar-refractivity contribution in [1.82, 2.24) is 16.0 Å². The van der Waals surface area contributed by atoms with Gasteiger partial charge in [-0.1, -0.05) is 25.1 Å². The fourth-order valence-electron chi connectivity index (χ4n) is 3.92. The number of amides is 2. The highest BCUT2D eigenvalue weighted by atomic mass is 16.5. The molecular formula is C23H33N3O4. The number of aryl methyl sites for hydroxylation is 1. The molecule has 1 heterocycles. The maximum atomic E-state index is 11.8. The Kier molecular flexibility index (Phi) is 7.85. The maximum Gasteiger partial charge on any atom is 0.239 e. The van der Waals surface area contributed by atoms with Crippen LogP contribution in [0.1, 0.15) is 50.7 Å². The summed E-state index contributed by atoms with van der Waals surface area (Å²) >= 11 is 0. The first-order chi connectivity index (χ1) is 14.5. The molecule has 3 N–H and O–H groups in total. The van der Waals surface area contributed by atoms with E-state index in [1.165, 1.54) is 5.56 Å². The number of carbonyl (C=O) groups excluding carboxylic acids is 3. The summed E-state index contributed by atoms with van der Waals surface area (Å²) in [4.78, 5) is 34.8. The average Bonchev–Trinajstić information content (AvgIpc) is 3.47. The van der Waals surface area contributed by atoms with E-state index in [0.29, 0.717) is 25.4 Å². The lowest BCUT2D eigenvalue weighted by Crippen LogP contribution is -2.42. The SMILES string of the molecule is CCC(=O)NCC(=O)NCCCc1cccc2c1OC(CNC(C(C)=O)C1CC1)C2. The summed E-state index contributed by atoms with van der Waals surface area (Å²) in [5.41, 5.74) is 2.35. The highest BCUT2D eigenvalue weighted by Gasteiger charge is 2.35. The number of Topliss-reactive ketones (excluding diaryl/α,β-unsaturated/α-hetero) is 1. The molecule has 1 aliphatic carbocycles. The molecule has 2 atom stereocenters. The summed E-state index contributed by atoms with van der Waals surface area (Å²) in [5.74, 6) is 1.36. The number of fused-ring (bicyclic) bond motifs is 1. The summed E-state index contributed by atoms with van der Waals surface area (Å²) < 4.78 is 6.22. The van der Waals surface area contributed by atoms with Gasteiger partial charge in [0.25, 0.3) is 0 Å². The van der Waals surface area contributed by atoms with Crippen molar-refractivity contribution in [3.8, 4) is 5.75 Å². The normalized spacial score (nSPS) is 18.3. The molecular weight excluding hydrogens is 382 g/mol. The molecule has 0 spiro atoms. The number of rotatable bonds is 12. The number of para-hydroxylation sites is 1. The summed E-state index contributed by atoms with van der Waals surface area (Å²) in [6.07, 6.45) is 5.14. The molecule has 1 fully saturated rings. The molecule has 30 heavy (non-hydrogen) atoms. The Morgan fingerprint density at radius 2 is 1.97 bits per heavy atom. The Bertz CT molecular complexity index is 776. The average molecular weight is 416 g/mol. The zero-order valence-electron chi connectivity index (χ0n) is 18.0. The van der Waals surface area contributed by atoms with Gasteiger partial charge in [0.05, 0.1) is 12.6 Å². The zero-order chi connectivity index (χ0) is 21.5. The number of benzene rings is 1. The van der Waals surface area contributed by atoms with E-state index in [1.807, 2.05) is 0 Å². The molecule has 1 aliphatic heterocycles. The lowest BCUT2D eigenvalue weighted by atomic mass is 10.0. The van der Waals surface area contributed by atoms with Crippen LogP contribution in [0, 0.1) is 5.92 Å². The topological polar surface area (TPSA) is 96.5 Å². The molecule has 7 heteroatoms. The van der Waals surface area contributed by atoms with E-state index in [9.17, 15) is 14.4 Å². The second-order valence-corrected chi connectivity index (χ2v) is 8.27. The van der Waals surface area contributed by atoms with Gasteiger partial charge in [-0.2, -0.15) is 0 Å². The highest BCUT2D eigenvalue weighted by Crippen LogP contribution is 2.35. The van der Waals surface area contributed by atoms with Crippen molar-refractivity contribution in [1.29, 1.82) is 0 Å². The molecule has 1 aromatic rings. The Morgan fingerprint density at radius 1 is 1.17 bits per heavy atom. The Morgan fingerprint density at radius 3 is 2.67 bits per heavy atom. The van der Waals surface area contributed by atoms with Crippen molar-refractivity contribution in [3.05, 3.63) is 29.3 Å². The zero-order valence-corrected chi connectivity index (χ0v) is 18.0. The van der Waals surface area contributed by atoms with Gasteiger partial charge in [0.2, 0.25) is 11.8 Å². The standard InChI is InChI=1S/C23H33N3O4/c1-3-20(28)25-14-21(29)24-11-5-8-17-6-4-7-18-12-19(30-23(17)18)13-26-22(15(2)27)16-9-10-16/h4,6-7,16,19,22,26H,3,5,8-14H2,1-2H3,(H,24,29)(H,25,28). The molecule has 0 aromatic heterocycles. The molecule has 3 rings (SSSR count). The molecule has 2 amide bonds. The third kappa shape index (κ3) is 6.29. The van der Waals surface area contributed by atoms with Gasteiger partial charge in [-0.05, 0) is 49.7 Å². The van der Waals surface area contributed by atoms with Gasteiger partial charge in [-0.25, -0.2) is 0 Å². The van der Waals surface area contributed by atoms with Crippen LogP contribution >= 0.6 is 0 Å². The van der Waals surface area contributed by atoms with Crippen LogP contribution in [0.2, 0.25) is 0 Å².